The van der Waals surface area contributed by atoms with Crippen LogP contribution >= 0.6 is 0 Å². The van der Waals surface area contributed by atoms with Crippen LogP contribution in [-0.4, -0.2) is 117 Å². The van der Waals surface area contributed by atoms with Crippen molar-refractivity contribution in [1.82, 2.24) is 41.7 Å². The first kappa shape index (κ1) is 52.3. The smallest absolute Gasteiger partial charge is 0.338 e. The molecule has 21 nitrogen and oxygen atoms in total. The molecule has 3 rings (SSSR count). The number of hydrogen-bond donors (Lipinski definition) is 10. The predicted octanol–water partition coefficient (Wildman–Crippen LogP) is 3.49. The summed E-state index contributed by atoms with van der Waals surface area (Å²) in [7, 11) is 0. The molecule has 2 aliphatic rings. The van der Waals surface area contributed by atoms with Crippen LogP contribution in [0, 0.1) is 0 Å². The lowest BCUT2D eigenvalue weighted by molar-refractivity contribution is -0.137. The summed E-state index contributed by atoms with van der Waals surface area (Å²) in [5.41, 5.74) is 0.464. The van der Waals surface area contributed by atoms with Crippen LogP contribution in [0.25, 0.3) is 0 Å². The maximum absolute atomic E-state index is 11.7. The molecule has 2 atom stereocenters. The van der Waals surface area contributed by atoms with E-state index in [0.717, 1.165) is 19.3 Å². The van der Waals surface area contributed by atoms with Gasteiger partial charge in [-0.3, -0.25) is 34.8 Å². The number of aliphatic hydroxyl groups excluding tert-OH is 2. The molecule has 1 aromatic carbocycles. The van der Waals surface area contributed by atoms with E-state index in [9.17, 15) is 38.4 Å². The summed E-state index contributed by atoms with van der Waals surface area (Å²) in [4.78, 5) is 91.8. The first-order chi connectivity index (χ1) is 28.8. The summed E-state index contributed by atoms with van der Waals surface area (Å²) < 4.78 is 4.90. The number of esters is 1. The number of aliphatic carboxylic acids is 1. The molecule has 0 aromatic heterocycles. The quantitative estimate of drug-likeness (QED) is 0.0292. The van der Waals surface area contributed by atoms with Crippen molar-refractivity contribution in [2.24, 2.45) is 0 Å². The van der Waals surface area contributed by atoms with Gasteiger partial charge in [-0.05, 0) is 37.1 Å². The molecule has 2 fully saturated rings. The van der Waals surface area contributed by atoms with Gasteiger partial charge in [0.15, 0.2) is 12.3 Å². The van der Waals surface area contributed by atoms with Gasteiger partial charge in [-0.15, -0.1) is 0 Å². The fraction of sp³-hybridized carbons (Fsp3) is 0.641. The molecule has 0 bridgehead atoms. The molecule has 10 amide bonds. The Morgan fingerprint density at radius 3 is 1.40 bits per heavy atom. The predicted molar refractivity (Wildman–Crippen MR) is 217 cm³/mol. The largest absolute Gasteiger partial charge is 0.508 e. The molecule has 2 aliphatic heterocycles. The monoisotopic (exact) mass is 852 g/mol. The van der Waals surface area contributed by atoms with Gasteiger partial charge in [-0.1, -0.05) is 104 Å². The number of carboxylic acid groups (broad SMARTS) is 1. The van der Waals surface area contributed by atoms with E-state index in [1.54, 1.807) is 0 Å². The van der Waals surface area contributed by atoms with Gasteiger partial charge in [0.2, 0.25) is 0 Å². The SMILES string of the molecule is CCCCCCCCCCCCCCCCCC(=O)O.CCCOC(=O)c1ccc(O)cc1.O=C(NCNC(=O)NC1C(=O)NC(=O)N1CO)NC1C(=O)NC(=O)N1CO. The maximum Gasteiger partial charge on any atom is 0.338 e. The lowest BCUT2D eigenvalue weighted by Gasteiger charge is -2.21. The van der Waals surface area contributed by atoms with Crippen LogP contribution in [0.5, 0.6) is 5.75 Å². The number of phenolic OH excluding ortho intramolecular Hbond substituents is 1. The molecule has 2 unspecified atom stereocenters. The van der Waals surface area contributed by atoms with Crippen LogP contribution in [-0.2, 0) is 19.1 Å². The van der Waals surface area contributed by atoms with Crippen molar-refractivity contribution in [2.45, 2.75) is 135 Å². The van der Waals surface area contributed by atoms with Crippen molar-refractivity contribution in [3.63, 3.8) is 0 Å². The highest BCUT2D eigenvalue weighted by Crippen LogP contribution is 2.14. The topological polar surface area (TPSA) is 305 Å². The van der Waals surface area contributed by atoms with E-state index in [-0.39, 0.29) is 11.7 Å². The number of carbonyl (C=O) groups excluding carboxylic acids is 7. The third kappa shape index (κ3) is 21.9. The van der Waals surface area contributed by atoms with Gasteiger partial charge in [0.05, 0.1) is 18.8 Å². The molecule has 10 N–H and O–H groups in total. The Labute approximate surface area is 350 Å². The standard InChI is InChI=1S/C18H36O2.C11H16N8O8.C10H12O3/c1-2-3-4-5-6-7-8-9-10-11-12-13-14-15-16-17-18(19)20;20-2-18-4(6(22)16-10(18)26)14-8(24)12-1-13-9(25)15-5-7(23)17-11(27)19(5)3-21;1-2-7-13-10(12)8-3-5-9(11)6-4-8/h2-17H2,1H3,(H,19,20);4-5,20-21H,1-3H2,(H2,12,14,24)(H2,13,15,25)(H,16,22,26)(H,17,23,27);3-6,11H,2,7H2,1H3. The number of nitrogens with zero attached hydrogens (tertiary/aromatic N) is 2. The number of unbranched alkanes of at least 4 members (excludes halogenated alkanes) is 14. The number of benzene rings is 1. The zero-order valence-electron chi connectivity index (χ0n) is 34.7. The molecule has 0 saturated carbocycles. The number of urea groups is 4. The van der Waals surface area contributed by atoms with Crippen LogP contribution in [0.4, 0.5) is 19.2 Å². The lowest BCUT2D eigenvalue weighted by atomic mass is 10.0. The van der Waals surface area contributed by atoms with Crippen LogP contribution in [0.15, 0.2) is 24.3 Å². The number of rotatable bonds is 25. The molecule has 2 heterocycles. The Morgan fingerprint density at radius 2 is 1.03 bits per heavy atom. The average Bonchev–Trinajstić information content (AvgIpc) is 3.64. The third-order valence-corrected chi connectivity index (χ3v) is 8.97. The zero-order chi connectivity index (χ0) is 44.7. The second-order valence-electron chi connectivity index (χ2n) is 13.9. The van der Waals surface area contributed by atoms with Crippen LogP contribution in [0.1, 0.15) is 133 Å². The Balaban J connectivity index is 0.000000480. The Hall–Kier alpha value is -5.70. The first-order valence-electron chi connectivity index (χ1n) is 20.5. The second-order valence-corrected chi connectivity index (χ2v) is 13.9. The Kier molecular flexibility index (Phi) is 27.3. The number of nitrogens with one attached hydrogen (secondary N) is 6. The minimum Gasteiger partial charge on any atom is -0.508 e. The van der Waals surface area contributed by atoms with Crippen molar-refractivity contribution in [1.29, 1.82) is 0 Å². The molecular weight excluding hydrogens is 788 g/mol. The lowest BCUT2D eigenvalue weighted by Crippen LogP contribution is -2.56. The minimum absolute atomic E-state index is 0.145. The highest BCUT2D eigenvalue weighted by molar-refractivity contribution is 6.06. The van der Waals surface area contributed by atoms with Gasteiger partial charge in [0, 0.05) is 6.42 Å². The van der Waals surface area contributed by atoms with Crippen LogP contribution in [0.2, 0.25) is 0 Å². The van der Waals surface area contributed by atoms with Gasteiger partial charge in [-0.2, -0.15) is 0 Å². The minimum atomic E-state index is -1.43. The summed E-state index contributed by atoms with van der Waals surface area (Å²) in [6.07, 6.45) is 18.2. The summed E-state index contributed by atoms with van der Waals surface area (Å²) in [5, 5.41) is 47.7. The Bertz CT molecular complexity index is 1440. The van der Waals surface area contributed by atoms with Crippen molar-refractivity contribution in [3.8, 4) is 5.75 Å². The van der Waals surface area contributed by atoms with E-state index in [4.69, 9.17) is 25.2 Å². The first-order valence-corrected chi connectivity index (χ1v) is 20.5. The van der Waals surface area contributed by atoms with E-state index < -0.39 is 74.4 Å². The molecule has 60 heavy (non-hydrogen) atoms. The Morgan fingerprint density at radius 1 is 0.633 bits per heavy atom. The van der Waals surface area contributed by atoms with Crippen LogP contribution < -0.4 is 31.9 Å². The van der Waals surface area contributed by atoms with Crippen molar-refractivity contribution in [3.05, 3.63) is 29.8 Å². The number of carbonyl (C=O) groups is 8. The number of phenols is 1. The summed E-state index contributed by atoms with van der Waals surface area (Å²) in [6, 6.07) is 2.32. The molecule has 21 heteroatoms. The molecular formula is C39H64N8O13. The average molecular weight is 853 g/mol. The van der Waals surface area contributed by atoms with Crippen molar-refractivity contribution in [2.75, 3.05) is 26.7 Å². The molecule has 338 valence electrons. The highest BCUT2D eigenvalue weighted by Gasteiger charge is 2.40. The number of ether oxygens (including phenoxy) is 1. The van der Waals surface area contributed by atoms with E-state index >= 15 is 0 Å². The van der Waals surface area contributed by atoms with Crippen molar-refractivity contribution >= 4 is 47.9 Å². The molecule has 2 saturated heterocycles. The zero-order valence-corrected chi connectivity index (χ0v) is 34.7. The van der Waals surface area contributed by atoms with E-state index in [2.05, 4.69) is 28.2 Å². The molecule has 1 aromatic rings. The third-order valence-electron chi connectivity index (χ3n) is 8.97. The number of amides is 10. The van der Waals surface area contributed by atoms with E-state index in [1.165, 1.54) is 108 Å². The van der Waals surface area contributed by atoms with E-state index in [1.807, 2.05) is 17.6 Å². The normalized spacial score (nSPS) is 15.5. The van der Waals surface area contributed by atoms with Gasteiger partial charge < -0.3 is 46.4 Å². The van der Waals surface area contributed by atoms with Gasteiger partial charge in [0.25, 0.3) is 11.8 Å². The van der Waals surface area contributed by atoms with E-state index in [0.29, 0.717) is 28.4 Å². The maximum atomic E-state index is 11.7. The number of aliphatic hydroxyl groups is 2. The van der Waals surface area contributed by atoms with Gasteiger partial charge >= 0.3 is 36.1 Å². The second kappa shape index (κ2) is 31.3. The summed E-state index contributed by atoms with van der Waals surface area (Å²) in [5.74, 6) is -2.56. The summed E-state index contributed by atoms with van der Waals surface area (Å²) in [6.45, 7) is 2.55. The fourth-order valence-corrected chi connectivity index (χ4v) is 5.67. The molecule has 0 spiro atoms. The highest BCUT2D eigenvalue weighted by atomic mass is 16.5. The molecule has 0 aliphatic carbocycles. The number of hydrogen-bond acceptors (Lipinski definition) is 12. The fourth-order valence-electron chi connectivity index (χ4n) is 5.67. The van der Waals surface area contributed by atoms with Crippen LogP contribution in [0.3, 0.4) is 0 Å². The number of imide groups is 2. The number of carboxylic acids is 1. The molecule has 0 radical (unpaired) electrons. The summed E-state index contributed by atoms with van der Waals surface area (Å²) >= 11 is 0. The van der Waals surface area contributed by atoms with Gasteiger partial charge in [0.1, 0.15) is 19.2 Å². The van der Waals surface area contributed by atoms with Gasteiger partial charge in [-0.25, -0.2) is 24.0 Å². The van der Waals surface area contributed by atoms with Crippen molar-refractivity contribution < 1.29 is 63.5 Å². The number of aromatic hydroxyl groups is 1.